The summed E-state index contributed by atoms with van der Waals surface area (Å²) in [5.41, 5.74) is -1.86. The molecule has 8 rings (SSSR count). The van der Waals surface area contributed by atoms with E-state index in [1.165, 1.54) is 9.13 Å². The zero-order valence-electron chi connectivity index (χ0n) is 25.7. The Morgan fingerprint density at radius 1 is 0.469 bits per heavy atom. The number of alkyl halides is 3. The van der Waals surface area contributed by atoms with Crippen molar-refractivity contribution in [3.63, 3.8) is 0 Å². The quantitative estimate of drug-likeness (QED) is 0.101. The van der Waals surface area contributed by atoms with Crippen LogP contribution in [-0.2, 0) is 6.18 Å². The normalized spacial score (nSPS) is 12.3. The molecule has 244 valence electrons. The summed E-state index contributed by atoms with van der Waals surface area (Å²) in [6.45, 7) is 3.66. The van der Waals surface area contributed by atoms with E-state index in [1.54, 1.807) is 85.8 Å². The highest BCUT2D eigenvalue weighted by Gasteiger charge is 2.41. The Kier molecular flexibility index (Phi) is 6.69. The number of aromatic nitrogens is 2. The molecular formula is C39H22F8N2. The monoisotopic (exact) mass is 670 g/mol. The lowest BCUT2D eigenvalue weighted by Gasteiger charge is -2.25. The fourth-order valence-electron chi connectivity index (χ4n) is 7.00. The SMILES string of the molecule is Cc1ccc2c(c1)c1ccccc1n2-c1ccc(-c2c(F)c(F)c(F)c(F)c2F)c(-n2c3ccccc3c3cc(C)ccc32)c1C(F)(F)F. The molecule has 0 amide bonds. The minimum Gasteiger partial charge on any atom is -0.309 e. The van der Waals surface area contributed by atoms with Crippen molar-refractivity contribution in [3.8, 4) is 22.5 Å². The zero-order chi connectivity index (χ0) is 34.5. The van der Waals surface area contributed by atoms with Crippen LogP contribution in [0.5, 0.6) is 0 Å². The minimum atomic E-state index is -5.21. The van der Waals surface area contributed by atoms with Gasteiger partial charge < -0.3 is 9.13 Å². The zero-order valence-corrected chi connectivity index (χ0v) is 25.7. The van der Waals surface area contributed by atoms with Gasteiger partial charge in [-0.15, -0.1) is 0 Å². The molecule has 2 nitrogen and oxygen atoms in total. The molecule has 0 spiro atoms. The number of halogens is 8. The fraction of sp³-hybridized carbons (Fsp3) is 0.0769. The van der Waals surface area contributed by atoms with Crippen LogP contribution in [0.4, 0.5) is 35.1 Å². The van der Waals surface area contributed by atoms with Crippen LogP contribution in [0.3, 0.4) is 0 Å². The molecular weight excluding hydrogens is 648 g/mol. The molecule has 0 aliphatic carbocycles. The molecule has 0 unspecified atom stereocenters. The lowest BCUT2D eigenvalue weighted by Crippen LogP contribution is -2.17. The number of benzene rings is 6. The maximum atomic E-state index is 15.9. The first kappa shape index (κ1) is 30.7. The summed E-state index contributed by atoms with van der Waals surface area (Å²) in [6.07, 6.45) is -5.21. The number of rotatable bonds is 3. The summed E-state index contributed by atoms with van der Waals surface area (Å²) in [5.74, 6) is -11.5. The van der Waals surface area contributed by atoms with Crippen molar-refractivity contribution in [1.82, 2.24) is 9.13 Å². The van der Waals surface area contributed by atoms with Crippen molar-refractivity contribution in [2.75, 3.05) is 0 Å². The van der Waals surface area contributed by atoms with Gasteiger partial charge in [0.1, 0.15) is 5.56 Å². The maximum Gasteiger partial charge on any atom is 0.420 e. The van der Waals surface area contributed by atoms with Gasteiger partial charge in [-0.25, -0.2) is 22.0 Å². The van der Waals surface area contributed by atoms with Crippen molar-refractivity contribution in [1.29, 1.82) is 0 Å². The number of nitrogens with zero attached hydrogens (tertiary/aromatic N) is 2. The predicted octanol–water partition coefficient (Wildman–Crippen LogP) is 11.9. The average molecular weight is 671 g/mol. The van der Waals surface area contributed by atoms with Crippen LogP contribution >= 0.6 is 0 Å². The highest BCUT2D eigenvalue weighted by Crippen LogP contribution is 2.48. The van der Waals surface area contributed by atoms with E-state index >= 15 is 22.0 Å². The Bertz CT molecular complexity index is 2650. The molecule has 2 aromatic heterocycles. The first-order valence-corrected chi connectivity index (χ1v) is 15.1. The summed E-state index contributed by atoms with van der Waals surface area (Å²) < 4.78 is 125. The Balaban J connectivity index is 1.65. The third kappa shape index (κ3) is 4.39. The van der Waals surface area contributed by atoms with Gasteiger partial charge in [0.15, 0.2) is 23.3 Å². The molecule has 0 saturated carbocycles. The number of hydrogen-bond acceptors (Lipinski definition) is 0. The molecule has 49 heavy (non-hydrogen) atoms. The third-order valence-electron chi connectivity index (χ3n) is 9.04. The molecule has 6 aromatic carbocycles. The van der Waals surface area contributed by atoms with Gasteiger partial charge in [0, 0.05) is 27.1 Å². The van der Waals surface area contributed by atoms with Gasteiger partial charge in [0.05, 0.1) is 39.0 Å². The second-order valence-corrected chi connectivity index (χ2v) is 12.0. The fourth-order valence-corrected chi connectivity index (χ4v) is 7.00. The Labute approximate surface area is 273 Å². The first-order chi connectivity index (χ1) is 23.4. The number of para-hydroxylation sites is 2. The van der Waals surface area contributed by atoms with Gasteiger partial charge in [-0.3, -0.25) is 0 Å². The highest BCUT2D eigenvalue weighted by molar-refractivity contribution is 6.11. The average Bonchev–Trinajstić information content (AvgIpc) is 3.58. The van der Waals surface area contributed by atoms with E-state index in [9.17, 15) is 13.2 Å². The van der Waals surface area contributed by atoms with Crippen LogP contribution < -0.4 is 0 Å². The number of aryl methyl sites for hydroxylation is 2. The third-order valence-corrected chi connectivity index (χ3v) is 9.04. The van der Waals surface area contributed by atoms with Crippen LogP contribution in [-0.4, -0.2) is 9.13 Å². The molecule has 0 radical (unpaired) electrons. The van der Waals surface area contributed by atoms with E-state index in [0.29, 0.717) is 32.6 Å². The predicted molar refractivity (Wildman–Crippen MR) is 175 cm³/mol. The number of fused-ring (bicyclic) bond motifs is 6. The maximum absolute atomic E-state index is 15.9. The molecule has 0 aliphatic rings. The molecule has 0 N–H and O–H groups in total. The Hall–Kier alpha value is -5.64. The van der Waals surface area contributed by atoms with E-state index < -0.39 is 63.3 Å². The highest BCUT2D eigenvalue weighted by atomic mass is 19.4. The smallest absolute Gasteiger partial charge is 0.309 e. The van der Waals surface area contributed by atoms with Crippen molar-refractivity contribution in [2.24, 2.45) is 0 Å². The molecule has 0 saturated heterocycles. The van der Waals surface area contributed by atoms with Gasteiger partial charge in [0.25, 0.3) is 0 Å². The van der Waals surface area contributed by atoms with Crippen LogP contribution in [0, 0.1) is 42.9 Å². The lowest BCUT2D eigenvalue weighted by atomic mass is 9.95. The van der Waals surface area contributed by atoms with Crippen molar-refractivity contribution >= 4 is 43.6 Å². The summed E-state index contributed by atoms with van der Waals surface area (Å²) in [6, 6.07) is 25.7. The van der Waals surface area contributed by atoms with Gasteiger partial charge in [-0.05, 0) is 62.4 Å². The Morgan fingerprint density at radius 3 is 1.45 bits per heavy atom. The van der Waals surface area contributed by atoms with Crippen molar-refractivity contribution in [2.45, 2.75) is 20.0 Å². The summed E-state index contributed by atoms with van der Waals surface area (Å²) in [5, 5.41) is 2.38. The van der Waals surface area contributed by atoms with Crippen LogP contribution in [0.25, 0.3) is 66.1 Å². The van der Waals surface area contributed by atoms with Gasteiger partial charge in [-0.2, -0.15) is 13.2 Å². The molecule has 2 heterocycles. The molecule has 0 atom stereocenters. The largest absolute Gasteiger partial charge is 0.420 e. The van der Waals surface area contributed by atoms with E-state index in [2.05, 4.69) is 0 Å². The second kappa shape index (κ2) is 10.7. The topological polar surface area (TPSA) is 9.86 Å². The van der Waals surface area contributed by atoms with E-state index in [-0.39, 0.29) is 11.0 Å². The van der Waals surface area contributed by atoms with Crippen LogP contribution in [0.15, 0.2) is 97.1 Å². The van der Waals surface area contributed by atoms with E-state index in [4.69, 9.17) is 0 Å². The van der Waals surface area contributed by atoms with E-state index in [1.807, 2.05) is 13.0 Å². The summed E-state index contributed by atoms with van der Waals surface area (Å²) in [7, 11) is 0. The molecule has 0 aliphatic heterocycles. The molecule has 8 aromatic rings. The van der Waals surface area contributed by atoms with Gasteiger partial charge in [0.2, 0.25) is 5.82 Å². The molecule has 0 fully saturated rings. The van der Waals surface area contributed by atoms with E-state index in [0.717, 1.165) is 23.3 Å². The summed E-state index contributed by atoms with van der Waals surface area (Å²) in [4.78, 5) is 0. The number of hydrogen-bond donors (Lipinski definition) is 0. The first-order valence-electron chi connectivity index (χ1n) is 15.1. The molecule has 0 bridgehead atoms. The van der Waals surface area contributed by atoms with Crippen LogP contribution in [0.1, 0.15) is 16.7 Å². The van der Waals surface area contributed by atoms with Crippen LogP contribution in [0.2, 0.25) is 0 Å². The Morgan fingerprint density at radius 2 is 0.918 bits per heavy atom. The van der Waals surface area contributed by atoms with Gasteiger partial charge in [-0.1, -0.05) is 59.7 Å². The van der Waals surface area contributed by atoms with Gasteiger partial charge >= 0.3 is 6.18 Å². The second-order valence-electron chi connectivity index (χ2n) is 12.0. The lowest BCUT2D eigenvalue weighted by molar-refractivity contribution is -0.137. The summed E-state index contributed by atoms with van der Waals surface area (Å²) >= 11 is 0. The standard InChI is InChI=1S/C39H22F8N2/c1-19-11-14-28-24(17-19)21-7-3-5-9-26(21)48(28)30-16-13-23(31-33(40)35(42)37(44)36(43)34(31)41)38(32(30)39(45,46)47)49-27-10-6-4-8-22(27)25-18-20(2)12-15-29(25)49/h3-18H,1-2H3. The van der Waals surface area contributed by atoms with Crippen molar-refractivity contribution < 1.29 is 35.1 Å². The molecule has 10 heteroatoms. The minimum absolute atomic E-state index is 0.230. The van der Waals surface area contributed by atoms with Crippen molar-refractivity contribution in [3.05, 3.63) is 143 Å².